The maximum Gasteiger partial charge on any atom is 0.305 e. The molecule has 0 aromatic heterocycles. The fourth-order valence-electron chi connectivity index (χ4n) is 8.15. The molecule has 0 atom stereocenters. The highest BCUT2D eigenvalue weighted by Crippen LogP contribution is 2.17. The van der Waals surface area contributed by atoms with E-state index < -0.39 is 0 Å². The Hall–Kier alpha value is -1.10. The van der Waals surface area contributed by atoms with Gasteiger partial charge in [0, 0.05) is 25.9 Å². The molecule has 0 aromatic carbocycles. The van der Waals surface area contributed by atoms with Gasteiger partial charge < -0.3 is 14.8 Å². The van der Waals surface area contributed by atoms with Crippen molar-refractivity contribution in [2.75, 3.05) is 26.3 Å². The zero-order valence-electron chi connectivity index (χ0n) is 39.1. The minimum Gasteiger partial charge on any atom is -0.464 e. The van der Waals surface area contributed by atoms with E-state index in [4.69, 9.17) is 9.47 Å². The molecule has 0 spiro atoms. The van der Waals surface area contributed by atoms with Crippen LogP contribution in [0, 0.1) is 0 Å². The lowest BCUT2D eigenvalue weighted by molar-refractivity contribution is -0.143. The minimum atomic E-state index is -0.0916. The molecule has 0 fully saturated rings. The summed E-state index contributed by atoms with van der Waals surface area (Å²) in [4.78, 5) is 24.0. The summed E-state index contributed by atoms with van der Waals surface area (Å²) in [6, 6.07) is 0. The van der Waals surface area contributed by atoms with Gasteiger partial charge in [-0.25, -0.2) is 0 Å². The molecule has 340 valence electrons. The summed E-state index contributed by atoms with van der Waals surface area (Å²) >= 11 is 0. The van der Waals surface area contributed by atoms with Crippen LogP contribution in [0.4, 0.5) is 0 Å². The highest BCUT2D eigenvalue weighted by molar-refractivity contribution is 5.69. The Morgan fingerprint density at radius 2 is 0.456 bits per heavy atom. The molecule has 57 heavy (non-hydrogen) atoms. The fraction of sp³-hybridized carbons (Fsp3) is 0.962. The predicted molar refractivity (Wildman–Crippen MR) is 249 cm³/mol. The van der Waals surface area contributed by atoms with Crippen LogP contribution in [0.15, 0.2) is 0 Å². The van der Waals surface area contributed by atoms with Gasteiger partial charge in [0.15, 0.2) is 0 Å². The molecule has 5 heteroatoms. The van der Waals surface area contributed by atoms with E-state index in [-0.39, 0.29) is 11.9 Å². The Labute approximate surface area is 357 Å². The van der Waals surface area contributed by atoms with Crippen LogP contribution in [-0.2, 0) is 19.1 Å². The van der Waals surface area contributed by atoms with Gasteiger partial charge in [-0.2, -0.15) is 0 Å². The first kappa shape index (κ1) is 55.9. The van der Waals surface area contributed by atoms with Gasteiger partial charge in [0.1, 0.15) is 13.2 Å². The third-order valence-electron chi connectivity index (χ3n) is 12.1. The standard InChI is InChI=1S/C52H103NO4/c1-3-5-7-9-11-13-15-17-19-21-23-25-27-29-31-33-35-37-39-41-43-45-51(54)56-49-47-53-48-50-57-52(55)46-44-42-40-38-36-34-32-30-28-26-24-22-20-18-16-14-12-10-8-6-4-2/h53H,3-50H2,1-2H3. The Morgan fingerprint density at radius 1 is 0.281 bits per heavy atom. The second kappa shape index (κ2) is 51.0. The van der Waals surface area contributed by atoms with E-state index in [0.29, 0.717) is 39.1 Å². The molecule has 0 aliphatic rings. The van der Waals surface area contributed by atoms with E-state index in [0.717, 1.165) is 25.7 Å². The third-order valence-corrected chi connectivity index (χ3v) is 12.1. The summed E-state index contributed by atoms with van der Waals surface area (Å²) in [5.74, 6) is -0.183. The molecule has 0 radical (unpaired) electrons. The average Bonchev–Trinajstić information content (AvgIpc) is 3.21. The molecule has 0 aliphatic carbocycles. The lowest BCUT2D eigenvalue weighted by Crippen LogP contribution is -2.26. The van der Waals surface area contributed by atoms with E-state index in [1.165, 1.54) is 244 Å². The first-order valence-corrected chi connectivity index (χ1v) is 26.2. The van der Waals surface area contributed by atoms with Crippen molar-refractivity contribution in [1.82, 2.24) is 5.32 Å². The van der Waals surface area contributed by atoms with Crippen LogP contribution in [0.3, 0.4) is 0 Å². The summed E-state index contributed by atoms with van der Waals surface area (Å²) in [6.07, 6.45) is 58.5. The molecule has 0 saturated heterocycles. The average molecular weight is 806 g/mol. The highest BCUT2D eigenvalue weighted by Gasteiger charge is 2.05. The van der Waals surface area contributed by atoms with Crippen LogP contribution in [0.5, 0.6) is 0 Å². The number of rotatable bonds is 50. The summed E-state index contributed by atoms with van der Waals surface area (Å²) in [7, 11) is 0. The largest absolute Gasteiger partial charge is 0.464 e. The van der Waals surface area contributed by atoms with E-state index in [2.05, 4.69) is 19.2 Å². The molecular formula is C52H103NO4. The maximum absolute atomic E-state index is 12.0. The topological polar surface area (TPSA) is 64.6 Å². The highest BCUT2D eigenvalue weighted by atomic mass is 16.5. The van der Waals surface area contributed by atoms with Gasteiger partial charge >= 0.3 is 11.9 Å². The minimum absolute atomic E-state index is 0.0916. The molecule has 1 N–H and O–H groups in total. The van der Waals surface area contributed by atoms with Gasteiger partial charge in [0.25, 0.3) is 0 Å². The zero-order chi connectivity index (χ0) is 41.2. The molecule has 0 rings (SSSR count). The van der Waals surface area contributed by atoms with Crippen molar-refractivity contribution in [3.8, 4) is 0 Å². The van der Waals surface area contributed by atoms with E-state index in [9.17, 15) is 9.59 Å². The molecule has 0 aromatic rings. The van der Waals surface area contributed by atoms with Gasteiger partial charge in [0.2, 0.25) is 0 Å². The summed E-state index contributed by atoms with van der Waals surface area (Å²) < 4.78 is 10.7. The first-order chi connectivity index (χ1) is 28.2. The summed E-state index contributed by atoms with van der Waals surface area (Å²) in [5, 5.41) is 3.21. The Balaban J connectivity index is 3.23. The van der Waals surface area contributed by atoms with Crippen LogP contribution < -0.4 is 5.32 Å². The second-order valence-electron chi connectivity index (χ2n) is 17.8. The monoisotopic (exact) mass is 806 g/mol. The SMILES string of the molecule is CCCCCCCCCCCCCCCCCCCCCCCC(=O)OCCNCCOC(=O)CCCCCCCCCCCCCCCCCCCCCCC. The maximum atomic E-state index is 12.0. The molecule has 0 unspecified atom stereocenters. The summed E-state index contributed by atoms with van der Waals surface area (Å²) in [5.41, 5.74) is 0. The number of hydrogen-bond acceptors (Lipinski definition) is 5. The van der Waals surface area contributed by atoms with Gasteiger partial charge in [-0.05, 0) is 12.8 Å². The van der Waals surface area contributed by atoms with E-state index in [1.54, 1.807) is 0 Å². The molecule has 0 aliphatic heterocycles. The van der Waals surface area contributed by atoms with Crippen molar-refractivity contribution < 1.29 is 19.1 Å². The smallest absolute Gasteiger partial charge is 0.305 e. The number of nitrogens with one attached hydrogen (secondary N) is 1. The van der Waals surface area contributed by atoms with Crippen molar-refractivity contribution in [2.45, 2.75) is 296 Å². The lowest BCUT2D eigenvalue weighted by atomic mass is 10.0. The van der Waals surface area contributed by atoms with E-state index >= 15 is 0 Å². The van der Waals surface area contributed by atoms with Gasteiger partial charge in [0.05, 0.1) is 0 Å². The van der Waals surface area contributed by atoms with Crippen molar-refractivity contribution in [2.24, 2.45) is 0 Å². The number of carbonyl (C=O) groups is 2. The van der Waals surface area contributed by atoms with Crippen molar-refractivity contribution >= 4 is 11.9 Å². The number of ether oxygens (including phenoxy) is 2. The number of carbonyl (C=O) groups excluding carboxylic acids is 2. The quantitative estimate of drug-likeness (QED) is 0.0490. The van der Waals surface area contributed by atoms with Crippen LogP contribution in [0.25, 0.3) is 0 Å². The normalized spacial score (nSPS) is 11.4. The van der Waals surface area contributed by atoms with Crippen LogP contribution in [0.2, 0.25) is 0 Å². The lowest BCUT2D eigenvalue weighted by Gasteiger charge is -2.08. The molecule has 0 bridgehead atoms. The zero-order valence-corrected chi connectivity index (χ0v) is 39.1. The van der Waals surface area contributed by atoms with Crippen LogP contribution in [0.1, 0.15) is 296 Å². The Kier molecular flexibility index (Phi) is 50.1. The molecular weight excluding hydrogens is 703 g/mol. The summed E-state index contributed by atoms with van der Waals surface area (Å²) in [6.45, 7) is 6.55. The second-order valence-corrected chi connectivity index (χ2v) is 17.8. The molecule has 5 nitrogen and oxygen atoms in total. The van der Waals surface area contributed by atoms with Crippen molar-refractivity contribution in [1.29, 1.82) is 0 Å². The molecule has 0 amide bonds. The molecule has 0 saturated carbocycles. The number of unbranched alkanes of at least 4 members (excludes halogenated alkanes) is 40. The van der Waals surface area contributed by atoms with Crippen LogP contribution in [-0.4, -0.2) is 38.2 Å². The van der Waals surface area contributed by atoms with Crippen molar-refractivity contribution in [3.05, 3.63) is 0 Å². The number of esters is 2. The van der Waals surface area contributed by atoms with Gasteiger partial charge in [-0.3, -0.25) is 9.59 Å². The van der Waals surface area contributed by atoms with Gasteiger partial charge in [-0.1, -0.05) is 271 Å². The Bertz CT molecular complexity index is 711. The number of hydrogen-bond donors (Lipinski definition) is 1. The van der Waals surface area contributed by atoms with Crippen molar-refractivity contribution in [3.63, 3.8) is 0 Å². The first-order valence-electron chi connectivity index (χ1n) is 26.2. The Morgan fingerprint density at radius 3 is 0.649 bits per heavy atom. The third kappa shape index (κ3) is 51.0. The van der Waals surface area contributed by atoms with Crippen LogP contribution >= 0.6 is 0 Å². The molecule has 0 heterocycles. The van der Waals surface area contributed by atoms with E-state index in [1.807, 2.05) is 0 Å². The fourth-order valence-corrected chi connectivity index (χ4v) is 8.15. The van der Waals surface area contributed by atoms with Gasteiger partial charge in [-0.15, -0.1) is 0 Å². The predicted octanol–water partition coefficient (Wildman–Crippen LogP) is 16.9.